The third kappa shape index (κ3) is 6.57. The van der Waals surface area contributed by atoms with E-state index < -0.39 is 17.1 Å². The fraction of sp³-hybridized carbons (Fsp3) is 0.312. The van der Waals surface area contributed by atoms with Crippen molar-refractivity contribution in [3.63, 3.8) is 0 Å². The van der Waals surface area contributed by atoms with Gasteiger partial charge in [-0.1, -0.05) is 57.2 Å². The fourth-order valence-electron chi connectivity index (χ4n) is 4.01. The van der Waals surface area contributed by atoms with Crippen molar-refractivity contribution >= 4 is 23.2 Å². The van der Waals surface area contributed by atoms with Gasteiger partial charge in [0.05, 0.1) is 4.88 Å². The van der Waals surface area contributed by atoms with Crippen molar-refractivity contribution in [3.05, 3.63) is 88.4 Å². The molecule has 1 atom stereocenters. The first kappa shape index (κ1) is 29.0. The summed E-state index contributed by atoms with van der Waals surface area (Å²) in [5.41, 5.74) is 0.793. The van der Waals surface area contributed by atoms with Crippen molar-refractivity contribution in [2.45, 2.75) is 65.0 Å². The Kier molecular flexibility index (Phi) is 7.85. The third-order valence-electron chi connectivity index (χ3n) is 6.31. The summed E-state index contributed by atoms with van der Waals surface area (Å²) in [4.78, 5) is 37.5. The van der Waals surface area contributed by atoms with E-state index in [9.17, 15) is 14.7 Å². The summed E-state index contributed by atoms with van der Waals surface area (Å²) in [5.74, 6) is -0.180. The average Bonchev–Trinajstić information content (AvgIpc) is 3.40. The Bertz CT molecular complexity index is 1500. The molecule has 4 aromatic rings. The van der Waals surface area contributed by atoms with Gasteiger partial charge in [-0.05, 0) is 68.5 Å². The molecule has 0 bridgehead atoms. The van der Waals surface area contributed by atoms with Crippen LogP contribution in [-0.2, 0) is 20.5 Å². The quantitative estimate of drug-likeness (QED) is 0.251. The van der Waals surface area contributed by atoms with Crippen LogP contribution in [0.15, 0.2) is 73.1 Å². The van der Waals surface area contributed by atoms with E-state index >= 15 is 0 Å². The summed E-state index contributed by atoms with van der Waals surface area (Å²) in [6.45, 7) is 13.3. The standard InChI is InChI=1S/C32H35N3O4S/c1-30(2,3)26-17-16-25(40-26)28(37)35-32(7,29(38)39-31(4,5)6)23-12-8-21(9-13-23)27-33-18-22(19-34-27)20-10-14-24(36)15-11-20/h8-19,36H,1-7H3,(H,35,37)/t32-/m0/s1. The predicted molar refractivity (Wildman–Crippen MR) is 158 cm³/mol. The number of aromatic hydroxyl groups is 1. The molecule has 0 aliphatic carbocycles. The van der Waals surface area contributed by atoms with Crippen molar-refractivity contribution in [1.29, 1.82) is 0 Å². The number of nitrogens with zero attached hydrogens (tertiary/aromatic N) is 2. The van der Waals surface area contributed by atoms with Crippen LogP contribution in [0.3, 0.4) is 0 Å². The zero-order valence-electron chi connectivity index (χ0n) is 23.9. The highest BCUT2D eigenvalue weighted by Gasteiger charge is 2.41. The molecule has 2 heterocycles. The molecular formula is C32H35N3O4S. The smallest absolute Gasteiger partial charge is 0.336 e. The lowest BCUT2D eigenvalue weighted by atomic mass is 9.90. The number of hydrogen-bond acceptors (Lipinski definition) is 7. The van der Waals surface area contributed by atoms with Crippen LogP contribution in [0.4, 0.5) is 0 Å². The summed E-state index contributed by atoms with van der Waals surface area (Å²) in [7, 11) is 0. The van der Waals surface area contributed by atoms with Gasteiger partial charge in [-0.2, -0.15) is 0 Å². The Labute approximate surface area is 239 Å². The number of carbonyl (C=O) groups is 2. The molecule has 4 rings (SSSR count). The first-order valence-corrected chi connectivity index (χ1v) is 13.9. The van der Waals surface area contributed by atoms with Crippen molar-refractivity contribution in [3.8, 4) is 28.3 Å². The monoisotopic (exact) mass is 557 g/mol. The normalized spacial score (nSPS) is 13.4. The van der Waals surface area contributed by atoms with Crippen molar-refractivity contribution in [2.24, 2.45) is 0 Å². The maximum atomic E-state index is 13.5. The highest BCUT2D eigenvalue weighted by molar-refractivity contribution is 7.14. The first-order valence-electron chi connectivity index (χ1n) is 13.0. The van der Waals surface area contributed by atoms with Crippen LogP contribution < -0.4 is 5.32 Å². The molecule has 1 amide bonds. The SMILES string of the molecule is CC(C)(C)OC(=O)[C@@](C)(NC(=O)c1ccc(C(C)(C)C)s1)c1ccc(-c2ncc(-c3ccc(O)cc3)cn2)cc1. The molecule has 0 saturated carbocycles. The molecule has 2 aromatic heterocycles. The predicted octanol–water partition coefficient (Wildman–Crippen LogP) is 6.86. The van der Waals surface area contributed by atoms with E-state index in [-0.39, 0.29) is 17.1 Å². The minimum Gasteiger partial charge on any atom is -0.508 e. The Morgan fingerprint density at radius 2 is 1.35 bits per heavy atom. The molecule has 208 valence electrons. The lowest BCUT2D eigenvalue weighted by molar-refractivity contribution is -0.162. The van der Waals surface area contributed by atoms with Gasteiger partial charge in [0.2, 0.25) is 0 Å². The first-order chi connectivity index (χ1) is 18.7. The van der Waals surface area contributed by atoms with Crippen molar-refractivity contribution in [2.75, 3.05) is 0 Å². The fourth-order valence-corrected chi connectivity index (χ4v) is 4.96. The molecular weight excluding hydrogens is 522 g/mol. The van der Waals surface area contributed by atoms with E-state index in [1.165, 1.54) is 11.3 Å². The third-order valence-corrected chi connectivity index (χ3v) is 7.82. The zero-order valence-corrected chi connectivity index (χ0v) is 24.7. The molecule has 2 N–H and O–H groups in total. The second kappa shape index (κ2) is 10.8. The highest BCUT2D eigenvalue weighted by atomic mass is 32.1. The lowest BCUT2D eigenvalue weighted by Crippen LogP contribution is -2.51. The molecule has 0 radical (unpaired) electrons. The minimum atomic E-state index is -1.43. The van der Waals surface area contributed by atoms with E-state index in [0.717, 1.165) is 21.6 Å². The van der Waals surface area contributed by atoms with E-state index in [0.29, 0.717) is 16.3 Å². The highest BCUT2D eigenvalue weighted by Crippen LogP contribution is 2.32. The van der Waals surface area contributed by atoms with Crippen LogP contribution in [0.1, 0.15) is 68.6 Å². The number of hydrogen-bond donors (Lipinski definition) is 2. The van der Waals surface area contributed by atoms with Gasteiger partial charge in [0, 0.05) is 28.4 Å². The van der Waals surface area contributed by atoms with E-state index in [4.69, 9.17) is 4.74 Å². The van der Waals surface area contributed by atoms with Crippen LogP contribution in [0, 0.1) is 0 Å². The number of thiophene rings is 1. The molecule has 7 nitrogen and oxygen atoms in total. The zero-order chi connectivity index (χ0) is 29.3. The molecule has 0 fully saturated rings. The number of ether oxygens (including phenoxy) is 1. The van der Waals surface area contributed by atoms with Crippen LogP contribution >= 0.6 is 11.3 Å². The number of benzene rings is 2. The molecule has 8 heteroatoms. The topological polar surface area (TPSA) is 101 Å². The second-order valence-corrected chi connectivity index (χ2v) is 13.0. The average molecular weight is 558 g/mol. The Hall–Kier alpha value is -4.04. The number of phenols is 1. The van der Waals surface area contributed by atoms with E-state index in [1.807, 2.05) is 18.2 Å². The van der Waals surface area contributed by atoms with Gasteiger partial charge in [0.1, 0.15) is 11.4 Å². The maximum absolute atomic E-state index is 13.5. The van der Waals surface area contributed by atoms with Gasteiger partial charge in [-0.15, -0.1) is 11.3 Å². The van der Waals surface area contributed by atoms with Crippen LogP contribution in [0.25, 0.3) is 22.5 Å². The summed E-state index contributed by atoms with van der Waals surface area (Å²) in [6, 6.07) is 17.8. The summed E-state index contributed by atoms with van der Waals surface area (Å²) >= 11 is 1.42. The van der Waals surface area contributed by atoms with Gasteiger partial charge in [0.25, 0.3) is 5.91 Å². The number of aromatic nitrogens is 2. The molecule has 0 aliphatic rings. The summed E-state index contributed by atoms with van der Waals surface area (Å²) in [6.07, 6.45) is 3.45. The van der Waals surface area contributed by atoms with Gasteiger partial charge in [-0.3, -0.25) is 4.79 Å². The number of nitrogens with one attached hydrogen (secondary N) is 1. The van der Waals surface area contributed by atoms with Crippen LogP contribution in [-0.4, -0.2) is 32.6 Å². The van der Waals surface area contributed by atoms with Gasteiger partial charge in [-0.25, -0.2) is 14.8 Å². The molecule has 0 saturated heterocycles. The van der Waals surface area contributed by atoms with E-state index in [2.05, 4.69) is 36.1 Å². The molecule has 0 unspecified atom stereocenters. The number of amides is 1. The molecule has 0 aliphatic heterocycles. The summed E-state index contributed by atoms with van der Waals surface area (Å²) in [5, 5.41) is 12.5. The molecule has 2 aromatic carbocycles. The number of esters is 1. The molecule has 40 heavy (non-hydrogen) atoms. The summed E-state index contributed by atoms with van der Waals surface area (Å²) < 4.78 is 5.74. The lowest BCUT2D eigenvalue weighted by Gasteiger charge is -2.32. The Balaban J connectivity index is 1.61. The number of carbonyl (C=O) groups excluding carboxylic acids is 2. The second-order valence-electron chi connectivity index (χ2n) is 11.9. The van der Waals surface area contributed by atoms with Crippen LogP contribution in [0.5, 0.6) is 5.75 Å². The Morgan fingerprint density at radius 1 is 0.775 bits per heavy atom. The Morgan fingerprint density at radius 3 is 1.88 bits per heavy atom. The van der Waals surface area contributed by atoms with E-state index in [1.54, 1.807) is 82.6 Å². The minimum absolute atomic E-state index is 0.0855. The van der Waals surface area contributed by atoms with Crippen molar-refractivity contribution in [1.82, 2.24) is 15.3 Å². The number of phenolic OH excluding ortho intramolecular Hbond substituents is 1. The van der Waals surface area contributed by atoms with Crippen molar-refractivity contribution < 1.29 is 19.4 Å². The van der Waals surface area contributed by atoms with Gasteiger partial charge >= 0.3 is 5.97 Å². The largest absolute Gasteiger partial charge is 0.508 e. The van der Waals surface area contributed by atoms with Crippen LogP contribution in [0.2, 0.25) is 0 Å². The van der Waals surface area contributed by atoms with Gasteiger partial charge < -0.3 is 15.2 Å². The molecule has 0 spiro atoms. The van der Waals surface area contributed by atoms with Gasteiger partial charge in [0.15, 0.2) is 11.4 Å². The maximum Gasteiger partial charge on any atom is 0.336 e. The number of rotatable bonds is 6.